The molecule has 2 N–H and O–H groups in total. The fraction of sp³-hybridized carbons (Fsp3) is 0.938. The van der Waals surface area contributed by atoms with Crippen LogP contribution in [0.15, 0.2) is 4.99 Å². The molecule has 0 aromatic heterocycles. The van der Waals surface area contributed by atoms with Gasteiger partial charge in [0.1, 0.15) is 9.84 Å². The van der Waals surface area contributed by atoms with Crippen LogP contribution in [0.5, 0.6) is 0 Å². The van der Waals surface area contributed by atoms with Crippen LogP contribution in [0.1, 0.15) is 46.0 Å². The smallest absolute Gasteiger partial charge is 0.191 e. The van der Waals surface area contributed by atoms with E-state index in [4.69, 9.17) is 0 Å². The van der Waals surface area contributed by atoms with Crippen molar-refractivity contribution < 1.29 is 8.42 Å². The molecule has 1 fully saturated rings. The molecule has 24 heavy (non-hydrogen) atoms. The highest BCUT2D eigenvalue weighted by atomic mass is 127. The molecule has 0 amide bonds. The largest absolute Gasteiger partial charge is 0.357 e. The third-order valence-electron chi connectivity index (χ3n) is 4.00. The van der Waals surface area contributed by atoms with E-state index in [2.05, 4.69) is 20.5 Å². The van der Waals surface area contributed by atoms with Gasteiger partial charge in [-0.3, -0.25) is 4.99 Å². The molecule has 1 rings (SSSR count). The zero-order valence-electron chi connectivity index (χ0n) is 15.4. The van der Waals surface area contributed by atoms with Crippen LogP contribution in [-0.4, -0.2) is 70.1 Å². The molecule has 1 saturated heterocycles. The normalized spacial score (nSPS) is 17.4. The van der Waals surface area contributed by atoms with Gasteiger partial charge in [-0.25, -0.2) is 8.42 Å². The average molecular weight is 474 g/mol. The van der Waals surface area contributed by atoms with Crippen molar-refractivity contribution in [3.05, 3.63) is 0 Å². The number of nitrogens with one attached hydrogen (secondary N) is 2. The van der Waals surface area contributed by atoms with Gasteiger partial charge in [-0.1, -0.05) is 0 Å². The number of sulfone groups is 1. The fourth-order valence-corrected chi connectivity index (χ4v) is 3.44. The van der Waals surface area contributed by atoms with Crippen molar-refractivity contribution in [1.82, 2.24) is 15.5 Å². The van der Waals surface area contributed by atoms with E-state index in [1.54, 1.807) is 0 Å². The molecule has 1 atom stereocenters. The third kappa shape index (κ3) is 12.3. The van der Waals surface area contributed by atoms with Gasteiger partial charge in [0.05, 0.1) is 5.75 Å². The van der Waals surface area contributed by atoms with Crippen LogP contribution in [0.3, 0.4) is 0 Å². The van der Waals surface area contributed by atoms with Crippen LogP contribution >= 0.6 is 24.0 Å². The van der Waals surface area contributed by atoms with Crippen LogP contribution in [0, 0.1) is 0 Å². The number of unbranched alkanes of at least 4 members (excludes halogenated alkanes) is 1. The maximum atomic E-state index is 11.2. The van der Waals surface area contributed by atoms with E-state index in [0.29, 0.717) is 6.42 Å². The minimum atomic E-state index is -2.90. The molecule has 0 aromatic rings. The molecule has 144 valence electrons. The average Bonchev–Trinajstić information content (AvgIpc) is 2.97. The summed E-state index contributed by atoms with van der Waals surface area (Å²) in [5, 5.41) is 6.51. The van der Waals surface area contributed by atoms with Gasteiger partial charge in [0.25, 0.3) is 0 Å². The first kappa shape index (κ1) is 23.9. The molecule has 1 heterocycles. The van der Waals surface area contributed by atoms with Crippen LogP contribution in [-0.2, 0) is 9.84 Å². The molecule has 0 bridgehead atoms. The van der Waals surface area contributed by atoms with E-state index in [1.807, 2.05) is 13.8 Å². The Morgan fingerprint density at radius 3 is 2.50 bits per heavy atom. The second-order valence-electron chi connectivity index (χ2n) is 6.48. The van der Waals surface area contributed by atoms with Gasteiger partial charge in [0.2, 0.25) is 0 Å². The maximum absolute atomic E-state index is 11.2. The number of nitrogens with zero attached hydrogens (tertiary/aromatic N) is 2. The molecule has 1 unspecified atom stereocenters. The molecule has 1 aliphatic heterocycles. The number of halogens is 1. The lowest BCUT2D eigenvalue weighted by molar-refractivity contribution is 0.331. The number of likely N-dealkylation sites (tertiary alicyclic amines) is 1. The summed E-state index contributed by atoms with van der Waals surface area (Å²) >= 11 is 0. The van der Waals surface area contributed by atoms with E-state index in [9.17, 15) is 8.42 Å². The Morgan fingerprint density at radius 2 is 1.92 bits per heavy atom. The number of aliphatic imine (C=N–C) groups is 1. The van der Waals surface area contributed by atoms with E-state index in [-0.39, 0.29) is 35.8 Å². The molecule has 0 saturated carbocycles. The molecule has 0 aromatic carbocycles. The van der Waals surface area contributed by atoms with Gasteiger partial charge >= 0.3 is 0 Å². The van der Waals surface area contributed by atoms with Gasteiger partial charge in [-0.15, -0.1) is 24.0 Å². The van der Waals surface area contributed by atoms with Crippen LogP contribution in [0.4, 0.5) is 0 Å². The van der Waals surface area contributed by atoms with E-state index in [0.717, 1.165) is 25.5 Å². The Hall–Kier alpha value is -0.0900. The van der Waals surface area contributed by atoms with Crippen LogP contribution in [0.2, 0.25) is 0 Å². The van der Waals surface area contributed by atoms with Crippen molar-refractivity contribution in [3.63, 3.8) is 0 Å². The number of rotatable bonds is 10. The third-order valence-corrected chi connectivity index (χ3v) is 4.98. The number of hydrogen-bond acceptors (Lipinski definition) is 4. The second-order valence-corrected chi connectivity index (χ2v) is 8.74. The van der Waals surface area contributed by atoms with Gasteiger partial charge in [0, 0.05) is 25.4 Å². The Bertz CT molecular complexity index is 451. The van der Waals surface area contributed by atoms with Crippen molar-refractivity contribution >= 4 is 39.8 Å². The zero-order valence-corrected chi connectivity index (χ0v) is 18.5. The highest BCUT2D eigenvalue weighted by molar-refractivity contribution is 14.0. The number of guanidine groups is 1. The minimum Gasteiger partial charge on any atom is -0.357 e. The van der Waals surface area contributed by atoms with Crippen LogP contribution in [0.25, 0.3) is 0 Å². The predicted molar refractivity (Wildman–Crippen MR) is 113 cm³/mol. The first-order valence-corrected chi connectivity index (χ1v) is 10.9. The summed E-state index contributed by atoms with van der Waals surface area (Å²) in [5.41, 5.74) is 0. The summed E-state index contributed by atoms with van der Waals surface area (Å²) in [4.78, 5) is 7.12. The summed E-state index contributed by atoms with van der Waals surface area (Å²) in [6.45, 7) is 9.33. The molecule has 0 radical (unpaired) electrons. The second kappa shape index (κ2) is 13.2. The molecule has 8 heteroatoms. The highest BCUT2D eigenvalue weighted by Gasteiger charge is 2.11. The zero-order chi connectivity index (χ0) is 17.1. The van der Waals surface area contributed by atoms with Crippen molar-refractivity contribution in [2.24, 2.45) is 4.99 Å². The van der Waals surface area contributed by atoms with Gasteiger partial charge in [-0.2, -0.15) is 0 Å². The summed E-state index contributed by atoms with van der Waals surface area (Å²) < 4.78 is 22.4. The van der Waals surface area contributed by atoms with Crippen LogP contribution < -0.4 is 10.6 Å². The fourth-order valence-electron chi connectivity index (χ4n) is 2.66. The monoisotopic (exact) mass is 474 g/mol. The highest BCUT2D eigenvalue weighted by Crippen LogP contribution is 2.08. The standard InChI is InChI=1S/C16H34N4O2S.HI/c1-4-17-16(19-15(2)9-14-23(3,21)22)18-10-5-6-11-20-12-7-8-13-20;/h15H,4-14H2,1-3H3,(H2,17,18,19);1H. The summed E-state index contributed by atoms with van der Waals surface area (Å²) in [7, 11) is -2.90. The molecular formula is C16H35IN4O2S. The summed E-state index contributed by atoms with van der Waals surface area (Å²) in [6, 6.07) is 0.0899. The van der Waals surface area contributed by atoms with E-state index >= 15 is 0 Å². The molecule has 0 spiro atoms. The molecule has 6 nitrogen and oxygen atoms in total. The number of hydrogen-bond donors (Lipinski definition) is 2. The lowest BCUT2D eigenvalue weighted by atomic mass is 10.2. The molecular weight excluding hydrogens is 439 g/mol. The Balaban J connectivity index is 0.00000529. The van der Waals surface area contributed by atoms with Gasteiger partial charge in [0.15, 0.2) is 5.96 Å². The first-order valence-electron chi connectivity index (χ1n) is 8.85. The van der Waals surface area contributed by atoms with E-state index < -0.39 is 9.84 Å². The maximum Gasteiger partial charge on any atom is 0.191 e. The van der Waals surface area contributed by atoms with Crippen molar-refractivity contribution in [1.29, 1.82) is 0 Å². The lowest BCUT2D eigenvalue weighted by Crippen LogP contribution is -2.42. The topological polar surface area (TPSA) is 73.8 Å². The van der Waals surface area contributed by atoms with Crippen molar-refractivity contribution in [2.45, 2.75) is 52.0 Å². The summed E-state index contributed by atoms with van der Waals surface area (Å²) in [5.74, 6) is 0.992. The summed E-state index contributed by atoms with van der Waals surface area (Å²) in [6.07, 6.45) is 6.84. The van der Waals surface area contributed by atoms with Crippen molar-refractivity contribution in [2.75, 3.05) is 44.7 Å². The van der Waals surface area contributed by atoms with Crippen molar-refractivity contribution in [3.8, 4) is 0 Å². The Morgan fingerprint density at radius 1 is 1.25 bits per heavy atom. The SMILES string of the molecule is CCNC(=NCCCCN1CCCC1)NC(C)CCS(C)(=O)=O.I. The Kier molecular flexibility index (Phi) is 13.1. The van der Waals surface area contributed by atoms with Gasteiger partial charge < -0.3 is 15.5 Å². The predicted octanol–water partition coefficient (Wildman–Crippen LogP) is 1.86. The van der Waals surface area contributed by atoms with Gasteiger partial charge in [-0.05, 0) is 65.6 Å². The minimum absolute atomic E-state index is 0. The van der Waals surface area contributed by atoms with E-state index in [1.165, 1.54) is 45.2 Å². The lowest BCUT2D eigenvalue weighted by Gasteiger charge is -2.17. The quantitative estimate of drug-likeness (QED) is 0.219. The Labute approximate surface area is 165 Å². The first-order chi connectivity index (χ1) is 10.9. The molecule has 1 aliphatic rings. The molecule has 0 aliphatic carbocycles.